The number of sulfonamides is 1. The second kappa shape index (κ2) is 10.6. The van der Waals surface area contributed by atoms with E-state index in [1.165, 1.54) is 36.4 Å². The Bertz CT molecular complexity index is 1220. The molecule has 0 saturated carbocycles. The molecule has 8 heteroatoms. The Hall–Kier alpha value is -3.67. The first-order valence-corrected chi connectivity index (χ1v) is 11.2. The number of carbonyl (C=O) groups is 1. The highest BCUT2D eigenvalue weighted by Gasteiger charge is 2.20. The van der Waals surface area contributed by atoms with Crippen LogP contribution in [0.5, 0.6) is 5.75 Å². The van der Waals surface area contributed by atoms with E-state index in [0.29, 0.717) is 0 Å². The van der Waals surface area contributed by atoms with E-state index in [1.807, 2.05) is 18.2 Å². The highest BCUT2D eigenvalue weighted by molar-refractivity contribution is 7.89. The number of para-hydroxylation sites is 1. The highest BCUT2D eigenvalue weighted by atomic mass is 32.2. The van der Waals surface area contributed by atoms with Crippen LogP contribution >= 0.6 is 0 Å². The standard InChI is InChI=1S/C24H21FN2O4S/c1-2-15-26-32(29,30)20-12-8-11-19(16-20)24(28)27-22(18-9-4-3-5-10-18)17-31-23-14-7-6-13-21(23)25/h1,3-14,16,22,26H,15,17H2,(H,27,28). The fourth-order valence-electron chi connectivity index (χ4n) is 2.91. The van der Waals surface area contributed by atoms with Gasteiger partial charge in [-0.3, -0.25) is 4.79 Å². The Balaban J connectivity index is 1.80. The zero-order valence-electron chi connectivity index (χ0n) is 17.0. The van der Waals surface area contributed by atoms with Gasteiger partial charge < -0.3 is 10.1 Å². The van der Waals surface area contributed by atoms with Gasteiger partial charge in [-0.05, 0) is 35.9 Å². The van der Waals surface area contributed by atoms with Gasteiger partial charge in [-0.15, -0.1) is 6.42 Å². The predicted molar refractivity (Wildman–Crippen MR) is 119 cm³/mol. The molecule has 3 aromatic carbocycles. The van der Waals surface area contributed by atoms with Crippen LogP contribution in [0, 0.1) is 18.2 Å². The molecule has 2 N–H and O–H groups in total. The summed E-state index contributed by atoms with van der Waals surface area (Å²) in [6.45, 7) is -0.194. The lowest BCUT2D eigenvalue weighted by Crippen LogP contribution is -2.32. The maximum atomic E-state index is 13.9. The molecule has 1 atom stereocenters. The maximum Gasteiger partial charge on any atom is 0.251 e. The third-order valence-electron chi connectivity index (χ3n) is 4.52. The van der Waals surface area contributed by atoms with Gasteiger partial charge in [0.05, 0.1) is 17.5 Å². The second-order valence-electron chi connectivity index (χ2n) is 6.73. The number of terminal acetylenes is 1. The molecular formula is C24H21FN2O4S. The molecule has 1 unspecified atom stereocenters. The van der Waals surface area contributed by atoms with Crippen molar-refractivity contribution in [2.45, 2.75) is 10.9 Å². The van der Waals surface area contributed by atoms with Crippen molar-refractivity contribution in [1.82, 2.24) is 10.0 Å². The number of hydrogen-bond donors (Lipinski definition) is 2. The number of hydrogen-bond acceptors (Lipinski definition) is 4. The molecule has 0 aliphatic rings. The van der Waals surface area contributed by atoms with Crippen molar-refractivity contribution in [3.05, 3.63) is 95.8 Å². The van der Waals surface area contributed by atoms with Gasteiger partial charge >= 0.3 is 0 Å². The lowest BCUT2D eigenvalue weighted by Gasteiger charge is -2.20. The van der Waals surface area contributed by atoms with Gasteiger partial charge in [-0.2, -0.15) is 4.72 Å². The Morgan fingerprint density at radius 1 is 1.03 bits per heavy atom. The molecule has 3 rings (SSSR count). The number of carbonyl (C=O) groups excluding carboxylic acids is 1. The van der Waals surface area contributed by atoms with E-state index >= 15 is 0 Å². The molecule has 0 aliphatic carbocycles. The largest absolute Gasteiger partial charge is 0.488 e. The SMILES string of the molecule is C#CCNS(=O)(=O)c1cccc(C(=O)NC(COc2ccccc2F)c2ccccc2)c1. The minimum Gasteiger partial charge on any atom is -0.488 e. The molecule has 32 heavy (non-hydrogen) atoms. The Kier molecular flexibility index (Phi) is 7.60. The smallest absolute Gasteiger partial charge is 0.251 e. The third kappa shape index (κ3) is 5.94. The summed E-state index contributed by atoms with van der Waals surface area (Å²) in [5, 5.41) is 2.83. The minimum absolute atomic E-state index is 0.0294. The number of amides is 1. The lowest BCUT2D eigenvalue weighted by atomic mass is 10.1. The molecule has 0 bridgehead atoms. The van der Waals surface area contributed by atoms with Gasteiger partial charge in [0.2, 0.25) is 10.0 Å². The van der Waals surface area contributed by atoms with Crippen molar-refractivity contribution in [2.75, 3.05) is 13.2 Å². The van der Waals surface area contributed by atoms with Crippen LogP contribution in [0.1, 0.15) is 22.0 Å². The zero-order valence-corrected chi connectivity index (χ0v) is 17.8. The molecular weight excluding hydrogens is 431 g/mol. The average molecular weight is 453 g/mol. The zero-order chi connectivity index (χ0) is 23.0. The average Bonchev–Trinajstić information content (AvgIpc) is 2.82. The Labute approximate surface area is 186 Å². The van der Waals surface area contributed by atoms with Gasteiger partial charge in [0, 0.05) is 5.56 Å². The highest BCUT2D eigenvalue weighted by Crippen LogP contribution is 2.20. The maximum absolute atomic E-state index is 13.9. The van der Waals surface area contributed by atoms with Crippen molar-refractivity contribution in [1.29, 1.82) is 0 Å². The van der Waals surface area contributed by atoms with Crippen molar-refractivity contribution in [2.24, 2.45) is 0 Å². The number of benzene rings is 3. The van der Waals surface area contributed by atoms with Crippen LogP contribution in [0.25, 0.3) is 0 Å². The van der Waals surface area contributed by atoms with Gasteiger partial charge in [0.25, 0.3) is 5.91 Å². The normalized spacial score (nSPS) is 11.9. The second-order valence-corrected chi connectivity index (χ2v) is 8.50. The third-order valence-corrected chi connectivity index (χ3v) is 5.92. The predicted octanol–water partition coefficient (Wildman–Crippen LogP) is 3.29. The fraction of sp³-hybridized carbons (Fsp3) is 0.125. The molecule has 0 heterocycles. The number of ether oxygens (including phenoxy) is 1. The summed E-state index contributed by atoms with van der Waals surface area (Å²) in [6, 6.07) is 20.0. The summed E-state index contributed by atoms with van der Waals surface area (Å²) < 4.78 is 46.4. The van der Waals surface area contributed by atoms with Crippen LogP contribution in [0.2, 0.25) is 0 Å². The van der Waals surface area contributed by atoms with Crippen LogP contribution in [0.3, 0.4) is 0 Å². The molecule has 0 aliphatic heterocycles. The summed E-state index contributed by atoms with van der Waals surface area (Å²) >= 11 is 0. The van der Waals surface area contributed by atoms with Crippen LogP contribution < -0.4 is 14.8 Å². The number of halogens is 1. The molecule has 0 spiro atoms. The molecule has 0 radical (unpaired) electrons. The molecule has 0 fully saturated rings. The first-order chi connectivity index (χ1) is 15.4. The Morgan fingerprint density at radius 3 is 2.47 bits per heavy atom. The molecule has 1 amide bonds. The van der Waals surface area contributed by atoms with Crippen molar-refractivity contribution >= 4 is 15.9 Å². The topological polar surface area (TPSA) is 84.5 Å². The van der Waals surface area contributed by atoms with E-state index in [2.05, 4.69) is 16.0 Å². The van der Waals surface area contributed by atoms with Crippen LogP contribution in [0.4, 0.5) is 4.39 Å². The van der Waals surface area contributed by atoms with Crippen LogP contribution in [-0.2, 0) is 10.0 Å². The van der Waals surface area contributed by atoms with Gasteiger partial charge in [0.15, 0.2) is 11.6 Å². The fourth-order valence-corrected chi connectivity index (χ4v) is 3.89. The molecule has 0 saturated heterocycles. The van der Waals surface area contributed by atoms with Crippen LogP contribution in [0.15, 0.2) is 83.8 Å². The van der Waals surface area contributed by atoms with E-state index in [4.69, 9.17) is 11.2 Å². The molecule has 0 aromatic heterocycles. The summed E-state index contributed by atoms with van der Waals surface area (Å²) in [5.74, 6) is 1.24. The van der Waals surface area contributed by atoms with E-state index in [1.54, 1.807) is 24.3 Å². The minimum atomic E-state index is -3.85. The Morgan fingerprint density at radius 2 is 1.75 bits per heavy atom. The van der Waals surface area contributed by atoms with Crippen LogP contribution in [-0.4, -0.2) is 27.5 Å². The van der Waals surface area contributed by atoms with E-state index in [-0.39, 0.29) is 29.4 Å². The number of rotatable bonds is 9. The monoisotopic (exact) mass is 452 g/mol. The molecule has 164 valence electrons. The van der Waals surface area contributed by atoms with Crippen molar-refractivity contribution in [3.8, 4) is 18.1 Å². The van der Waals surface area contributed by atoms with E-state index < -0.39 is 27.8 Å². The van der Waals surface area contributed by atoms with Crippen molar-refractivity contribution < 1.29 is 22.3 Å². The summed E-state index contributed by atoms with van der Waals surface area (Å²) in [5.41, 5.74) is 0.886. The lowest BCUT2D eigenvalue weighted by molar-refractivity contribution is 0.0920. The van der Waals surface area contributed by atoms with Gasteiger partial charge in [-0.25, -0.2) is 12.8 Å². The van der Waals surface area contributed by atoms with Gasteiger partial charge in [0.1, 0.15) is 6.61 Å². The summed E-state index contributed by atoms with van der Waals surface area (Å²) in [4.78, 5) is 12.8. The molecule has 6 nitrogen and oxygen atoms in total. The van der Waals surface area contributed by atoms with Gasteiger partial charge in [-0.1, -0.05) is 54.5 Å². The number of nitrogens with one attached hydrogen (secondary N) is 2. The van der Waals surface area contributed by atoms with Crippen molar-refractivity contribution in [3.63, 3.8) is 0 Å². The van der Waals surface area contributed by atoms with E-state index in [9.17, 15) is 17.6 Å². The summed E-state index contributed by atoms with van der Waals surface area (Å²) in [6.07, 6.45) is 5.11. The quantitative estimate of drug-likeness (QED) is 0.488. The van der Waals surface area contributed by atoms with E-state index in [0.717, 1.165) is 5.56 Å². The summed E-state index contributed by atoms with van der Waals surface area (Å²) in [7, 11) is -3.85. The first kappa shape index (κ1) is 23.0. The molecule has 3 aromatic rings. The first-order valence-electron chi connectivity index (χ1n) is 9.67.